The molecule has 0 unspecified atom stereocenters. The molecule has 2 N–H and O–H groups in total. The second kappa shape index (κ2) is 7.18. The summed E-state index contributed by atoms with van der Waals surface area (Å²) in [5.41, 5.74) is 3.18. The Morgan fingerprint density at radius 2 is 1.74 bits per heavy atom. The van der Waals surface area contributed by atoms with E-state index >= 15 is 0 Å². The summed E-state index contributed by atoms with van der Waals surface area (Å²) in [4.78, 5) is 24.0. The number of amides is 1. The molecule has 0 fully saturated rings. The number of nitrogens with one attached hydrogen (secondary N) is 1. The van der Waals surface area contributed by atoms with Crippen LogP contribution >= 0.6 is 0 Å². The van der Waals surface area contributed by atoms with E-state index in [0.717, 1.165) is 21.8 Å². The number of hydrogen-bond donors (Lipinski definition) is 2. The molecule has 0 saturated carbocycles. The van der Waals surface area contributed by atoms with Crippen molar-refractivity contribution in [3.05, 3.63) is 84.1 Å². The largest absolute Gasteiger partial charge is 0.507 e. The number of rotatable bonds is 4. The number of aldehydes is 1. The lowest BCUT2D eigenvalue weighted by Crippen LogP contribution is -2.13. The number of para-hydroxylation sites is 2. The monoisotopic (exact) mass is 410 g/mol. The predicted octanol–water partition coefficient (Wildman–Crippen LogP) is 5.36. The Morgan fingerprint density at radius 3 is 2.55 bits per heavy atom. The summed E-state index contributed by atoms with van der Waals surface area (Å²) in [5, 5.41) is 15.3. The van der Waals surface area contributed by atoms with Gasteiger partial charge in [-0.2, -0.15) is 0 Å². The number of anilines is 1. The zero-order chi connectivity index (χ0) is 21.5. The zero-order valence-electron chi connectivity index (χ0n) is 16.6. The molecule has 5 aromatic rings. The molecule has 2 heterocycles. The highest BCUT2D eigenvalue weighted by Gasteiger charge is 2.18. The Hall–Kier alpha value is -4.32. The summed E-state index contributed by atoms with van der Waals surface area (Å²) in [5.74, 6) is 0.124. The van der Waals surface area contributed by atoms with Gasteiger partial charge >= 0.3 is 0 Å². The van der Waals surface area contributed by atoms with Crippen molar-refractivity contribution in [2.24, 2.45) is 7.05 Å². The maximum atomic E-state index is 13.1. The minimum absolute atomic E-state index is 0.102. The molecule has 1 amide bonds. The number of hydrogen-bond acceptors (Lipinski definition) is 4. The van der Waals surface area contributed by atoms with Crippen LogP contribution in [0, 0.1) is 0 Å². The van der Waals surface area contributed by atoms with Crippen LogP contribution in [0.4, 0.5) is 5.69 Å². The second-order valence-corrected chi connectivity index (χ2v) is 7.28. The molecule has 0 bridgehead atoms. The molecule has 0 radical (unpaired) electrons. The number of carbonyl (C=O) groups is 2. The molecule has 31 heavy (non-hydrogen) atoms. The molecule has 0 spiro atoms. The van der Waals surface area contributed by atoms with E-state index in [1.165, 1.54) is 0 Å². The van der Waals surface area contributed by atoms with Crippen LogP contribution in [0.5, 0.6) is 5.75 Å². The van der Waals surface area contributed by atoms with E-state index in [-0.39, 0.29) is 17.1 Å². The second-order valence-electron chi connectivity index (χ2n) is 7.28. The summed E-state index contributed by atoms with van der Waals surface area (Å²) in [6.07, 6.45) is 0.627. The number of aryl methyl sites for hydroxylation is 1. The minimum Gasteiger partial charge on any atom is -0.507 e. The molecule has 152 valence electrons. The third kappa shape index (κ3) is 3.05. The lowest BCUT2D eigenvalue weighted by atomic mass is 10.1. The van der Waals surface area contributed by atoms with Crippen molar-refractivity contribution in [3.63, 3.8) is 0 Å². The Balaban J connectivity index is 1.57. The summed E-state index contributed by atoms with van der Waals surface area (Å²) in [6.45, 7) is 0. The maximum Gasteiger partial charge on any atom is 0.259 e. The fourth-order valence-corrected chi connectivity index (χ4v) is 3.93. The number of carbonyl (C=O) groups excluding carboxylic acids is 2. The molecule has 0 saturated heterocycles. The third-order valence-electron chi connectivity index (χ3n) is 5.46. The first-order valence-corrected chi connectivity index (χ1v) is 9.72. The quantitative estimate of drug-likeness (QED) is 0.391. The van der Waals surface area contributed by atoms with Gasteiger partial charge in [0, 0.05) is 35.0 Å². The number of aromatic nitrogens is 1. The smallest absolute Gasteiger partial charge is 0.259 e. The van der Waals surface area contributed by atoms with Gasteiger partial charge in [-0.3, -0.25) is 9.59 Å². The maximum absolute atomic E-state index is 13.1. The third-order valence-corrected chi connectivity index (χ3v) is 5.46. The highest BCUT2D eigenvalue weighted by Crippen LogP contribution is 2.34. The molecule has 2 aromatic heterocycles. The molecule has 0 aliphatic carbocycles. The SMILES string of the molecule is Cn1c2ccccc2c2cc(C(=O)Nc3ccccc3-c3ccc(C=O)o3)c(O)cc21. The van der Waals surface area contributed by atoms with Crippen molar-refractivity contribution in [1.29, 1.82) is 0 Å². The minimum atomic E-state index is -0.443. The van der Waals surface area contributed by atoms with E-state index in [1.807, 2.05) is 41.9 Å². The van der Waals surface area contributed by atoms with E-state index < -0.39 is 5.91 Å². The van der Waals surface area contributed by atoms with Crippen molar-refractivity contribution < 1.29 is 19.1 Å². The van der Waals surface area contributed by atoms with Gasteiger partial charge in [0.05, 0.1) is 16.8 Å². The van der Waals surface area contributed by atoms with Crippen LogP contribution in [0.2, 0.25) is 0 Å². The van der Waals surface area contributed by atoms with Gasteiger partial charge in [-0.1, -0.05) is 30.3 Å². The highest BCUT2D eigenvalue weighted by molar-refractivity contribution is 6.14. The van der Waals surface area contributed by atoms with Crippen molar-refractivity contribution in [3.8, 4) is 17.1 Å². The Bertz CT molecular complexity index is 1480. The number of aromatic hydroxyl groups is 1. The molecule has 6 nitrogen and oxygen atoms in total. The van der Waals surface area contributed by atoms with E-state index in [0.29, 0.717) is 23.3 Å². The summed E-state index contributed by atoms with van der Waals surface area (Å²) in [7, 11) is 1.93. The van der Waals surface area contributed by atoms with Crippen LogP contribution in [0.25, 0.3) is 33.1 Å². The lowest BCUT2D eigenvalue weighted by molar-refractivity contribution is 0.102. The molecular formula is C25H18N2O4. The molecular weight excluding hydrogens is 392 g/mol. The lowest BCUT2D eigenvalue weighted by Gasteiger charge is -2.11. The Kier molecular flexibility index (Phi) is 4.33. The first-order valence-electron chi connectivity index (χ1n) is 9.72. The Labute approximate surface area is 177 Å². The summed E-state index contributed by atoms with van der Waals surface area (Å²) >= 11 is 0. The zero-order valence-corrected chi connectivity index (χ0v) is 16.6. The van der Waals surface area contributed by atoms with Gasteiger partial charge in [0.1, 0.15) is 11.5 Å². The van der Waals surface area contributed by atoms with Crippen LogP contribution in [0.15, 0.2) is 77.2 Å². The molecule has 3 aromatic carbocycles. The average molecular weight is 410 g/mol. The molecule has 0 aliphatic heterocycles. The van der Waals surface area contributed by atoms with Crippen molar-refractivity contribution in [1.82, 2.24) is 4.57 Å². The van der Waals surface area contributed by atoms with E-state index in [2.05, 4.69) is 5.32 Å². The normalized spacial score (nSPS) is 11.1. The number of benzene rings is 3. The van der Waals surface area contributed by atoms with Crippen LogP contribution < -0.4 is 5.32 Å². The van der Waals surface area contributed by atoms with Gasteiger partial charge in [0.25, 0.3) is 5.91 Å². The van der Waals surface area contributed by atoms with Gasteiger partial charge in [-0.15, -0.1) is 0 Å². The molecule has 5 rings (SSSR count). The first-order chi connectivity index (χ1) is 15.1. The van der Waals surface area contributed by atoms with E-state index in [4.69, 9.17) is 4.42 Å². The first kappa shape index (κ1) is 18.7. The molecule has 6 heteroatoms. The topological polar surface area (TPSA) is 84.5 Å². The van der Waals surface area contributed by atoms with E-state index in [9.17, 15) is 14.7 Å². The van der Waals surface area contributed by atoms with Gasteiger partial charge < -0.3 is 19.4 Å². The van der Waals surface area contributed by atoms with Gasteiger partial charge in [0.2, 0.25) is 0 Å². The number of phenolic OH excluding ortho intramolecular Hbond substituents is 1. The van der Waals surface area contributed by atoms with Crippen LogP contribution in [-0.2, 0) is 7.05 Å². The Morgan fingerprint density at radius 1 is 0.968 bits per heavy atom. The van der Waals surface area contributed by atoms with Gasteiger partial charge in [0.15, 0.2) is 12.0 Å². The molecule has 0 aliphatic rings. The summed E-state index contributed by atoms with van der Waals surface area (Å²) in [6, 6.07) is 21.6. The van der Waals surface area contributed by atoms with Crippen molar-refractivity contribution >= 4 is 39.7 Å². The highest BCUT2D eigenvalue weighted by atomic mass is 16.3. The van der Waals surface area contributed by atoms with Crippen molar-refractivity contribution in [2.45, 2.75) is 0 Å². The number of furan rings is 1. The van der Waals surface area contributed by atoms with E-state index in [1.54, 1.807) is 42.5 Å². The fraction of sp³-hybridized carbons (Fsp3) is 0.0400. The molecule has 0 atom stereocenters. The number of phenols is 1. The number of fused-ring (bicyclic) bond motifs is 3. The van der Waals surface area contributed by atoms with Crippen LogP contribution in [0.1, 0.15) is 20.9 Å². The van der Waals surface area contributed by atoms with Crippen LogP contribution in [0.3, 0.4) is 0 Å². The average Bonchev–Trinajstić information content (AvgIpc) is 3.37. The van der Waals surface area contributed by atoms with Gasteiger partial charge in [-0.25, -0.2) is 0 Å². The van der Waals surface area contributed by atoms with Crippen molar-refractivity contribution in [2.75, 3.05) is 5.32 Å². The number of nitrogens with zero attached hydrogens (tertiary/aromatic N) is 1. The standard InChI is InChI=1S/C25H18N2O4/c1-27-21-9-5-3-6-16(21)18-12-19(23(29)13-22(18)27)25(30)26-20-8-4-2-7-17(20)24-11-10-15(14-28)31-24/h2-14,29H,1H3,(H,26,30). The predicted molar refractivity (Wildman–Crippen MR) is 120 cm³/mol. The van der Waals surface area contributed by atoms with Gasteiger partial charge in [-0.05, 0) is 36.4 Å². The summed E-state index contributed by atoms with van der Waals surface area (Å²) < 4.78 is 7.50. The van der Waals surface area contributed by atoms with Crippen LogP contribution in [-0.4, -0.2) is 21.9 Å². The fourth-order valence-electron chi connectivity index (χ4n) is 3.93.